The second-order valence-electron chi connectivity index (χ2n) is 7.00. The molecule has 2 aliphatic rings. The lowest BCUT2D eigenvalue weighted by Gasteiger charge is -2.18. The summed E-state index contributed by atoms with van der Waals surface area (Å²) in [5.74, 6) is 1.45. The van der Waals surface area contributed by atoms with Gasteiger partial charge in [0.2, 0.25) is 0 Å². The van der Waals surface area contributed by atoms with E-state index in [0.717, 1.165) is 18.9 Å². The molecule has 3 heteroatoms. The summed E-state index contributed by atoms with van der Waals surface area (Å²) in [4.78, 5) is 9.75. The molecule has 1 atom stereocenters. The summed E-state index contributed by atoms with van der Waals surface area (Å²) in [6.45, 7) is 3.28. The van der Waals surface area contributed by atoms with Crippen molar-refractivity contribution in [3.8, 4) is 0 Å². The Kier molecular flexibility index (Phi) is 4.00. The molecule has 1 aliphatic carbocycles. The van der Waals surface area contributed by atoms with E-state index in [2.05, 4.69) is 25.1 Å². The lowest BCUT2D eigenvalue weighted by molar-refractivity contribution is 0.443. The van der Waals surface area contributed by atoms with Gasteiger partial charge >= 0.3 is 0 Å². The summed E-state index contributed by atoms with van der Waals surface area (Å²) in [5.41, 5.74) is 3.76. The van der Waals surface area contributed by atoms with Crippen molar-refractivity contribution in [2.24, 2.45) is 10.9 Å². The fourth-order valence-electron chi connectivity index (χ4n) is 3.70. The highest BCUT2D eigenvalue weighted by molar-refractivity contribution is 7.18. The van der Waals surface area contributed by atoms with E-state index < -0.39 is 0 Å². The molecule has 1 unspecified atom stereocenters. The van der Waals surface area contributed by atoms with Gasteiger partial charge in [0.1, 0.15) is 0 Å². The summed E-state index contributed by atoms with van der Waals surface area (Å²) < 4.78 is 1.34. The minimum atomic E-state index is 0.711. The number of benzene rings is 1. The predicted molar refractivity (Wildman–Crippen MR) is 95.2 cm³/mol. The van der Waals surface area contributed by atoms with Crippen LogP contribution < -0.4 is 0 Å². The Hall–Kier alpha value is -1.22. The van der Waals surface area contributed by atoms with E-state index in [0.29, 0.717) is 5.92 Å². The number of hydrogen-bond acceptors (Lipinski definition) is 3. The van der Waals surface area contributed by atoms with Gasteiger partial charge in [0.15, 0.2) is 0 Å². The fourth-order valence-corrected chi connectivity index (χ4v) is 4.82. The molecule has 2 aromatic rings. The monoisotopic (exact) mass is 312 g/mol. The normalized spacial score (nSPS) is 23.7. The third kappa shape index (κ3) is 2.83. The summed E-state index contributed by atoms with van der Waals surface area (Å²) in [5, 5.41) is 1.37. The number of rotatable bonds is 2. The lowest BCUT2D eigenvalue weighted by Crippen LogP contribution is -2.14. The van der Waals surface area contributed by atoms with Gasteiger partial charge in [-0.1, -0.05) is 32.3 Å². The Morgan fingerprint density at radius 2 is 1.95 bits per heavy atom. The van der Waals surface area contributed by atoms with Gasteiger partial charge < -0.3 is 0 Å². The van der Waals surface area contributed by atoms with Gasteiger partial charge in [-0.15, -0.1) is 11.3 Å². The highest BCUT2D eigenvalue weighted by Crippen LogP contribution is 2.37. The maximum absolute atomic E-state index is 4.97. The minimum absolute atomic E-state index is 0.711. The first kappa shape index (κ1) is 14.4. The van der Waals surface area contributed by atoms with E-state index >= 15 is 0 Å². The van der Waals surface area contributed by atoms with Crippen LogP contribution in [0.15, 0.2) is 23.2 Å². The Labute approximate surface area is 136 Å². The smallest absolute Gasteiger partial charge is 0.0969 e. The van der Waals surface area contributed by atoms with Crippen LogP contribution in [0.2, 0.25) is 0 Å². The highest BCUT2D eigenvalue weighted by Gasteiger charge is 2.20. The molecule has 1 aromatic carbocycles. The van der Waals surface area contributed by atoms with Gasteiger partial charge in [-0.2, -0.15) is 0 Å². The van der Waals surface area contributed by atoms with Crippen molar-refractivity contribution >= 4 is 27.3 Å². The second-order valence-corrected chi connectivity index (χ2v) is 8.06. The van der Waals surface area contributed by atoms with Crippen LogP contribution in [0.4, 0.5) is 0 Å². The zero-order valence-electron chi connectivity index (χ0n) is 13.3. The molecular formula is C19H24N2S. The molecule has 0 saturated heterocycles. The number of nitrogens with zero attached hydrogens (tertiary/aromatic N) is 2. The average molecular weight is 312 g/mol. The van der Waals surface area contributed by atoms with E-state index in [1.54, 1.807) is 0 Å². The van der Waals surface area contributed by atoms with Crippen LogP contribution in [0.25, 0.3) is 10.2 Å². The van der Waals surface area contributed by atoms with Crippen molar-refractivity contribution in [1.82, 2.24) is 4.98 Å². The summed E-state index contributed by atoms with van der Waals surface area (Å²) >= 11 is 1.91. The molecule has 2 nitrogen and oxygen atoms in total. The molecular weight excluding hydrogens is 288 g/mol. The number of thiazole rings is 1. The fraction of sp³-hybridized carbons (Fsp3) is 0.579. The van der Waals surface area contributed by atoms with Gasteiger partial charge in [-0.05, 0) is 49.3 Å². The van der Waals surface area contributed by atoms with Crippen molar-refractivity contribution in [1.29, 1.82) is 0 Å². The van der Waals surface area contributed by atoms with Crippen LogP contribution in [0.1, 0.15) is 68.4 Å². The molecule has 2 heterocycles. The molecule has 1 aliphatic heterocycles. The number of hydrogen-bond donors (Lipinski definition) is 0. The quantitative estimate of drug-likeness (QED) is 0.712. The van der Waals surface area contributed by atoms with Crippen molar-refractivity contribution in [2.75, 3.05) is 6.54 Å². The minimum Gasteiger partial charge on any atom is -0.289 e. The second kappa shape index (κ2) is 6.11. The van der Waals surface area contributed by atoms with Crippen LogP contribution >= 0.6 is 11.3 Å². The number of aromatic nitrogens is 1. The van der Waals surface area contributed by atoms with Crippen molar-refractivity contribution in [2.45, 2.75) is 57.8 Å². The first-order valence-electron chi connectivity index (χ1n) is 8.74. The molecule has 0 spiro atoms. The van der Waals surface area contributed by atoms with Gasteiger partial charge in [0, 0.05) is 18.2 Å². The highest BCUT2D eigenvalue weighted by atomic mass is 32.1. The van der Waals surface area contributed by atoms with E-state index in [4.69, 9.17) is 9.98 Å². The molecule has 22 heavy (non-hydrogen) atoms. The number of fused-ring (bicyclic) bond motifs is 1. The first-order valence-corrected chi connectivity index (χ1v) is 9.55. The van der Waals surface area contributed by atoms with Gasteiger partial charge in [0.25, 0.3) is 0 Å². The lowest BCUT2D eigenvalue weighted by atomic mass is 9.90. The SMILES string of the molecule is CC1CCC(c2ccc3sc(C4CCCCC4)nc3c2)=NC1. The van der Waals surface area contributed by atoms with E-state index in [-0.39, 0.29) is 0 Å². The number of aliphatic imine (C=N–C) groups is 1. The van der Waals surface area contributed by atoms with Crippen LogP contribution in [0.3, 0.4) is 0 Å². The van der Waals surface area contributed by atoms with E-state index in [1.165, 1.54) is 65.0 Å². The Bertz CT molecular complexity index is 695. The van der Waals surface area contributed by atoms with Crippen LogP contribution in [0, 0.1) is 5.92 Å². The van der Waals surface area contributed by atoms with Crippen LogP contribution in [-0.2, 0) is 0 Å². The zero-order valence-corrected chi connectivity index (χ0v) is 14.2. The third-order valence-electron chi connectivity index (χ3n) is 5.16. The predicted octanol–water partition coefficient (Wildman–Crippen LogP) is 5.56. The maximum Gasteiger partial charge on any atom is 0.0969 e. The average Bonchev–Trinajstić information content (AvgIpc) is 2.99. The molecule has 0 amide bonds. The van der Waals surface area contributed by atoms with Crippen LogP contribution in [-0.4, -0.2) is 17.2 Å². The van der Waals surface area contributed by atoms with Gasteiger partial charge in [0.05, 0.1) is 15.2 Å². The molecule has 0 radical (unpaired) electrons. The third-order valence-corrected chi connectivity index (χ3v) is 6.36. The largest absolute Gasteiger partial charge is 0.289 e. The molecule has 1 aromatic heterocycles. The molecule has 0 bridgehead atoms. The summed E-state index contributed by atoms with van der Waals surface area (Å²) in [6, 6.07) is 6.78. The molecule has 4 rings (SSSR count). The zero-order chi connectivity index (χ0) is 14.9. The Morgan fingerprint density at radius 3 is 2.73 bits per heavy atom. The van der Waals surface area contributed by atoms with Gasteiger partial charge in [-0.3, -0.25) is 4.99 Å². The molecule has 1 fully saturated rings. The summed E-state index contributed by atoms with van der Waals surface area (Å²) in [6.07, 6.45) is 9.20. The van der Waals surface area contributed by atoms with Gasteiger partial charge in [-0.25, -0.2) is 4.98 Å². The van der Waals surface area contributed by atoms with E-state index in [9.17, 15) is 0 Å². The van der Waals surface area contributed by atoms with E-state index in [1.807, 2.05) is 11.3 Å². The van der Waals surface area contributed by atoms with Crippen LogP contribution in [0.5, 0.6) is 0 Å². The maximum atomic E-state index is 4.97. The molecule has 116 valence electrons. The molecule has 1 saturated carbocycles. The Balaban J connectivity index is 1.63. The Morgan fingerprint density at radius 1 is 1.09 bits per heavy atom. The van der Waals surface area contributed by atoms with Crippen molar-refractivity contribution < 1.29 is 0 Å². The standard InChI is InChI=1S/C19H24N2S/c1-13-7-9-16(20-12-13)15-8-10-18-17(11-15)21-19(22-18)14-5-3-2-4-6-14/h8,10-11,13-14H,2-7,9,12H2,1H3. The molecule has 0 N–H and O–H groups in total. The van der Waals surface area contributed by atoms with Crippen molar-refractivity contribution in [3.63, 3.8) is 0 Å². The summed E-state index contributed by atoms with van der Waals surface area (Å²) in [7, 11) is 0. The van der Waals surface area contributed by atoms with Crippen molar-refractivity contribution in [3.05, 3.63) is 28.8 Å². The topological polar surface area (TPSA) is 25.2 Å². The first-order chi connectivity index (χ1) is 10.8.